The van der Waals surface area contributed by atoms with Gasteiger partial charge in [-0.15, -0.1) is 0 Å². The van der Waals surface area contributed by atoms with Gasteiger partial charge in [0, 0.05) is 17.8 Å². The average Bonchev–Trinajstić information content (AvgIpc) is 2.66. The molecule has 2 aromatic rings. The molecule has 0 spiro atoms. The third-order valence-electron chi connectivity index (χ3n) is 3.27. The second-order valence-corrected chi connectivity index (χ2v) is 4.58. The Bertz CT molecular complexity index is 522. The fourth-order valence-corrected chi connectivity index (χ4v) is 2.35. The number of benzene rings is 2. The summed E-state index contributed by atoms with van der Waals surface area (Å²) in [5.74, 6) is 1.88. The van der Waals surface area contributed by atoms with Gasteiger partial charge in [-0.25, -0.2) is 0 Å². The molecule has 2 heteroatoms. The van der Waals surface area contributed by atoms with Crippen LogP contribution in [0.3, 0.4) is 0 Å². The zero-order valence-electron chi connectivity index (χ0n) is 10.4. The maximum atomic E-state index is 5.99. The molecule has 18 heavy (non-hydrogen) atoms. The van der Waals surface area contributed by atoms with E-state index in [0.717, 1.165) is 24.5 Å². The van der Waals surface area contributed by atoms with Gasteiger partial charge in [0.25, 0.3) is 0 Å². The fraction of sp³-hybridized carbons (Fsp3) is 0.250. The van der Waals surface area contributed by atoms with Gasteiger partial charge in [0.05, 0.1) is 0 Å². The number of ether oxygens (including phenoxy) is 1. The number of nitrogens with one attached hydrogen (secondary N) is 1. The van der Waals surface area contributed by atoms with Crippen LogP contribution in [0.15, 0.2) is 48.5 Å². The average molecular weight is 239 g/mol. The summed E-state index contributed by atoms with van der Waals surface area (Å²) in [4.78, 5) is 0. The first-order valence-electron chi connectivity index (χ1n) is 6.52. The van der Waals surface area contributed by atoms with Crippen LogP contribution in [-0.4, -0.2) is 6.54 Å². The Morgan fingerprint density at radius 3 is 2.67 bits per heavy atom. The summed E-state index contributed by atoms with van der Waals surface area (Å²) in [7, 11) is 0. The van der Waals surface area contributed by atoms with Crippen molar-refractivity contribution in [3.63, 3.8) is 0 Å². The maximum absolute atomic E-state index is 5.99. The van der Waals surface area contributed by atoms with Crippen molar-refractivity contribution in [1.82, 2.24) is 0 Å². The first kappa shape index (κ1) is 11.1. The Morgan fingerprint density at radius 2 is 1.78 bits per heavy atom. The molecule has 0 radical (unpaired) electrons. The van der Waals surface area contributed by atoms with E-state index in [-0.39, 0.29) is 0 Å². The lowest BCUT2D eigenvalue weighted by Crippen LogP contribution is -2.00. The van der Waals surface area contributed by atoms with Gasteiger partial charge < -0.3 is 10.1 Å². The largest absolute Gasteiger partial charge is 0.457 e. The van der Waals surface area contributed by atoms with E-state index >= 15 is 0 Å². The molecule has 0 amide bonds. The third kappa shape index (κ3) is 2.33. The van der Waals surface area contributed by atoms with Gasteiger partial charge in [-0.1, -0.05) is 24.3 Å². The smallest absolute Gasteiger partial charge is 0.132 e. The summed E-state index contributed by atoms with van der Waals surface area (Å²) in [6.07, 6.45) is 3.53. The predicted molar refractivity (Wildman–Crippen MR) is 74.4 cm³/mol. The van der Waals surface area contributed by atoms with Gasteiger partial charge in [-0.2, -0.15) is 0 Å². The van der Waals surface area contributed by atoms with Crippen LogP contribution in [0, 0.1) is 0 Å². The van der Waals surface area contributed by atoms with E-state index in [4.69, 9.17) is 4.74 Å². The Hall–Kier alpha value is -1.96. The summed E-state index contributed by atoms with van der Waals surface area (Å²) in [5.41, 5.74) is 2.53. The van der Waals surface area contributed by atoms with E-state index in [9.17, 15) is 0 Å². The van der Waals surface area contributed by atoms with E-state index in [1.54, 1.807) is 0 Å². The lowest BCUT2D eigenvalue weighted by Gasteiger charge is -2.13. The summed E-state index contributed by atoms with van der Waals surface area (Å²) in [6, 6.07) is 16.2. The number of hydrogen-bond donors (Lipinski definition) is 1. The van der Waals surface area contributed by atoms with Gasteiger partial charge in [0.15, 0.2) is 0 Å². The van der Waals surface area contributed by atoms with Crippen LogP contribution in [0.5, 0.6) is 11.5 Å². The zero-order chi connectivity index (χ0) is 12.2. The number of para-hydroxylation sites is 1. The lowest BCUT2D eigenvalue weighted by molar-refractivity contribution is 0.476. The minimum absolute atomic E-state index is 0.898. The topological polar surface area (TPSA) is 21.3 Å². The van der Waals surface area contributed by atoms with E-state index in [0.29, 0.717) is 0 Å². The highest BCUT2D eigenvalue weighted by Gasteiger charge is 2.12. The van der Waals surface area contributed by atoms with Crippen molar-refractivity contribution in [3.05, 3.63) is 54.1 Å². The molecule has 1 aliphatic heterocycles. The molecule has 0 aromatic heterocycles. The molecule has 0 saturated carbocycles. The molecule has 0 unspecified atom stereocenters. The first-order chi connectivity index (χ1) is 8.93. The molecular formula is C16H17NO. The molecule has 0 aliphatic carbocycles. The Balaban J connectivity index is 1.92. The monoisotopic (exact) mass is 239 g/mol. The van der Waals surface area contributed by atoms with Crippen LogP contribution in [0.1, 0.15) is 18.4 Å². The Labute approximate surface area is 108 Å². The molecule has 3 rings (SSSR count). The Kier molecular flexibility index (Phi) is 3.18. The van der Waals surface area contributed by atoms with E-state index in [1.807, 2.05) is 30.3 Å². The van der Waals surface area contributed by atoms with Crippen molar-refractivity contribution in [2.75, 3.05) is 11.9 Å². The van der Waals surface area contributed by atoms with Gasteiger partial charge in [-0.3, -0.25) is 0 Å². The van der Waals surface area contributed by atoms with Crippen molar-refractivity contribution in [1.29, 1.82) is 0 Å². The van der Waals surface area contributed by atoms with Crippen molar-refractivity contribution < 1.29 is 4.74 Å². The number of hydrogen-bond acceptors (Lipinski definition) is 2. The molecule has 1 aliphatic rings. The standard InChI is InChI=1S/C16H17NO/c1-2-7-13(8-3-1)18-16-11-6-10-15-14(16)9-4-5-12-17-15/h1-3,6-8,10-11,17H,4-5,9,12H2. The summed E-state index contributed by atoms with van der Waals surface area (Å²) in [5, 5.41) is 3.47. The van der Waals surface area contributed by atoms with E-state index < -0.39 is 0 Å². The highest BCUT2D eigenvalue weighted by atomic mass is 16.5. The van der Waals surface area contributed by atoms with Gasteiger partial charge in [0.2, 0.25) is 0 Å². The van der Waals surface area contributed by atoms with Gasteiger partial charge in [0.1, 0.15) is 11.5 Å². The molecule has 1 heterocycles. The molecule has 0 atom stereocenters. The summed E-state index contributed by atoms with van der Waals surface area (Å²) < 4.78 is 5.99. The SMILES string of the molecule is c1ccc(Oc2cccc3c2CCCCN3)cc1. The van der Waals surface area contributed by atoms with Gasteiger partial charge >= 0.3 is 0 Å². The van der Waals surface area contributed by atoms with E-state index in [2.05, 4.69) is 23.5 Å². The van der Waals surface area contributed by atoms with Crippen molar-refractivity contribution in [3.8, 4) is 11.5 Å². The molecule has 0 fully saturated rings. The van der Waals surface area contributed by atoms with Crippen LogP contribution in [-0.2, 0) is 6.42 Å². The molecule has 1 N–H and O–H groups in total. The highest BCUT2D eigenvalue weighted by Crippen LogP contribution is 2.33. The van der Waals surface area contributed by atoms with Crippen LogP contribution < -0.4 is 10.1 Å². The van der Waals surface area contributed by atoms with Crippen LogP contribution >= 0.6 is 0 Å². The molecular weight excluding hydrogens is 222 g/mol. The summed E-state index contributed by atoms with van der Waals surface area (Å²) in [6.45, 7) is 1.06. The maximum Gasteiger partial charge on any atom is 0.132 e. The third-order valence-corrected chi connectivity index (χ3v) is 3.27. The Morgan fingerprint density at radius 1 is 0.889 bits per heavy atom. The number of fused-ring (bicyclic) bond motifs is 1. The van der Waals surface area contributed by atoms with Crippen molar-refractivity contribution >= 4 is 5.69 Å². The van der Waals surface area contributed by atoms with Gasteiger partial charge in [-0.05, 0) is 43.5 Å². The lowest BCUT2D eigenvalue weighted by atomic mass is 10.1. The van der Waals surface area contributed by atoms with Crippen molar-refractivity contribution in [2.24, 2.45) is 0 Å². The first-order valence-corrected chi connectivity index (χ1v) is 6.52. The van der Waals surface area contributed by atoms with Crippen molar-refractivity contribution in [2.45, 2.75) is 19.3 Å². The number of rotatable bonds is 2. The minimum Gasteiger partial charge on any atom is -0.457 e. The minimum atomic E-state index is 0.898. The second-order valence-electron chi connectivity index (χ2n) is 4.58. The summed E-state index contributed by atoms with van der Waals surface area (Å²) >= 11 is 0. The second kappa shape index (κ2) is 5.13. The van der Waals surface area contributed by atoms with E-state index in [1.165, 1.54) is 24.1 Å². The molecule has 2 nitrogen and oxygen atoms in total. The van der Waals surface area contributed by atoms with Crippen LogP contribution in [0.4, 0.5) is 5.69 Å². The molecule has 92 valence electrons. The quantitative estimate of drug-likeness (QED) is 0.846. The number of anilines is 1. The molecule has 2 aromatic carbocycles. The van der Waals surface area contributed by atoms with Crippen LogP contribution in [0.2, 0.25) is 0 Å². The fourth-order valence-electron chi connectivity index (χ4n) is 2.35. The molecule has 0 bridgehead atoms. The normalized spacial score (nSPS) is 14.2. The zero-order valence-corrected chi connectivity index (χ0v) is 10.4. The predicted octanol–water partition coefficient (Wildman–Crippen LogP) is 4.23. The molecule has 0 saturated heterocycles. The highest BCUT2D eigenvalue weighted by molar-refractivity contribution is 5.59. The van der Waals surface area contributed by atoms with Crippen LogP contribution in [0.25, 0.3) is 0 Å².